The SMILES string of the molecule is C.Cc1cc(C)cc(N)c1.Cc1cc(C)cc(NC(=O)OC2/C=C/CCCCC2)c1.Cc1cc(C)cc(NC(=O)OC2CCCCCC3C(c4ccccc4)=NN=C(c4ccccc4)C23)c1.N#N.O=C=O.c1ccc(-c2nnc(-c3ccccc3)c3c2CCCCCC3)cc1.c1ccc(-c2nnc(-c3ccccc3)nn2)cc1. The number of aromatic nitrogens is 6. The van der Waals surface area contributed by atoms with E-state index < -0.39 is 6.09 Å². The molecule has 1 saturated carbocycles. The number of rotatable bonds is 10. The lowest BCUT2D eigenvalue weighted by atomic mass is 9.71. The number of nitrogen functional groups attached to an aromatic ring is 1. The van der Waals surface area contributed by atoms with E-state index in [1.807, 2.05) is 181 Å². The molecular formula is C94H103N13O6. The molecule has 3 heterocycles. The predicted octanol–water partition coefficient (Wildman–Crippen LogP) is 22.1. The first kappa shape index (κ1) is 85.8. The van der Waals surface area contributed by atoms with Gasteiger partial charge in [0.05, 0.1) is 22.8 Å². The molecule has 9 aromatic carbocycles. The third kappa shape index (κ3) is 27.0. The van der Waals surface area contributed by atoms with Gasteiger partial charge in [-0.1, -0.05) is 246 Å². The first-order valence-corrected chi connectivity index (χ1v) is 38.4. The van der Waals surface area contributed by atoms with Crippen molar-refractivity contribution in [2.24, 2.45) is 22.0 Å². The number of amides is 2. The molecular weight excluding hydrogens is 1410 g/mol. The molecule has 0 spiro atoms. The Balaban J connectivity index is 0.000000183. The van der Waals surface area contributed by atoms with Crippen LogP contribution >= 0.6 is 0 Å². The van der Waals surface area contributed by atoms with Gasteiger partial charge >= 0.3 is 18.3 Å². The average molecular weight is 1510 g/mol. The van der Waals surface area contributed by atoms with Crippen LogP contribution in [0.3, 0.4) is 0 Å². The summed E-state index contributed by atoms with van der Waals surface area (Å²) in [6.07, 6.45) is 21.1. The summed E-state index contributed by atoms with van der Waals surface area (Å²) in [6.45, 7) is 12.2. The number of allylic oxidation sites excluding steroid dienone is 1. The largest absolute Gasteiger partial charge is 0.445 e. The summed E-state index contributed by atoms with van der Waals surface area (Å²) in [7, 11) is 0. The van der Waals surface area contributed by atoms with Crippen molar-refractivity contribution < 1.29 is 28.7 Å². The summed E-state index contributed by atoms with van der Waals surface area (Å²) in [5, 5.41) is 53.0. The Bertz CT molecular complexity index is 4690. The number of carbonyl (C=O) groups is 2. The summed E-state index contributed by atoms with van der Waals surface area (Å²) >= 11 is 0. The summed E-state index contributed by atoms with van der Waals surface area (Å²) in [5.74, 6) is 1.13. The summed E-state index contributed by atoms with van der Waals surface area (Å²) in [6, 6.07) is 78.9. The zero-order valence-electron chi connectivity index (χ0n) is 64.8. The molecule has 580 valence electrons. The Labute approximate surface area is 665 Å². The van der Waals surface area contributed by atoms with Crippen LogP contribution in [-0.4, -0.2) is 72.6 Å². The number of carbonyl (C=O) groups excluding carboxylic acids is 4. The number of aryl methyl sites for hydroxylation is 6. The minimum absolute atomic E-state index is 0. The van der Waals surface area contributed by atoms with Crippen LogP contribution in [0.5, 0.6) is 0 Å². The standard InChI is InChI=1S/C31H33N3O2.C22H22N2.C17H23NO2.C14H10N4.C8H11N.CO2.CH4.N2/c1-21-18-22(2)20-25(19-21)32-31(35)36-27-17-11-5-10-16-26-28(27)30(24-14-8-4-9-15-24)34-33-29(26)23-12-6-3-7-13-23;1-2-10-16-20-19(15-9-1)21(17-11-5-3-6-12-17)23-24-22(20)18-13-7-4-8-14-18;1-13-10-14(2)12-15(11-13)18-17(19)20-16-8-6-4-3-5-7-9-16;1-3-7-11(8-4-1)13-15-17-14(18-16-13)12-9-5-2-6-10-12;1-6-3-7(2)5-8(9)4-6;2-1-3;;1-2/h3-4,6-9,12-15,18-20,26-28H,5,10-11,16-17H2,1-2H3,(H,32,35);3-8,11-14H,1-2,9-10,15-16H2;6,8,10-12,16H,3-5,7,9H2,1-2H3,(H,18,19);1-10H;3-5H,9H2,1-2H3;;1H4;/b;;8-6+;;;;;. The lowest BCUT2D eigenvalue weighted by Gasteiger charge is -2.38. The maximum absolute atomic E-state index is 13.2. The van der Waals surface area contributed by atoms with Crippen molar-refractivity contribution >= 4 is 46.8 Å². The molecule has 19 nitrogen and oxygen atoms in total. The first-order chi connectivity index (χ1) is 54.7. The van der Waals surface area contributed by atoms with Gasteiger partial charge in [0.25, 0.3) is 0 Å². The monoisotopic (exact) mass is 1510 g/mol. The van der Waals surface area contributed by atoms with Gasteiger partial charge < -0.3 is 15.2 Å². The molecule has 4 aliphatic rings. The second kappa shape index (κ2) is 46.0. The van der Waals surface area contributed by atoms with Crippen molar-refractivity contribution in [1.82, 2.24) is 30.6 Å². The highest BCUT2D eigenvalue weighted by Gasteiger charge is 2.42. The van der Waals surface area contributed by atoms with Crippen LogP contribution in [0.1, 0.15) is 153 Å². The van der Waals surface area contributed by atoms with E-state index in [1.54, 1.807) is 0 Å². The Morgan fingerprint density at radius 3 is 1.18 bits per heavy atom. The molecule has 2 aromatic heterocycles. The van der Waals surface area contributed by atoms with Crippen molar-refractivity contribution in [3.63, 3.8) is 0 Å². The zero-order chi connectivity index (χ0) is 79.2. The third-order valence-corrected chi connectivity index (χ3v) is 19.2. The normalized spacial score (nSPS) is 16.1. The van der Waals surface area contributed by atoms with Crippen LogP contribution < -0.4 is 16.4 Å². The first-order valence-electron chi connectivity index (χ1n) is 38.4. The summed E-state index contributed by atoms with van der Waals surface area (Å²) in [5.41, 5.74) is 28.1. The minimum Gasteiger partial charge on any atom is -0.445 e. The molecule has 4 atom stereocenters. The number of benzene rings is 9. The number of anilines is 3. The van der Waals surface area contributed by atoms with Crippen molar-refractivity contribution in [2.75, 3.05) is 16.4 Å². The number of nitrogens with two attached hydrogens (primary N) is 1. The molecule has 0 radical (unpaired) electrons. The molecule has 0 bridgehead atoms. The van der Waals surface area contributed by atoms with Crippen LogP contribution in [0, 0.1) is 64.2 Å². The topological polar surface area (TPSA) is 286 Å². The highest BCUT2D eigenvalue weighted by molar-refractivity contribution is 6.12. The second-order valence-corrected chi connectivity index (χ2v) is 28.2. The molecule has 4 unspecified atom stereocenters. The van der Waals surface area contributed by atoms with E-state index in [0.29, 0.717) is 11.6 Å². The fourth-order valence-electron chi connectivity index (χ4n) is 14.5. The van der Waals surface area contributed by atoms with E-state index >= 15 is 0 Å². The van der Waals surface area contributed by atoms with Gasteiger partial charge in [-0.05, 0) is 210 Å². The summed E-state index contributed by atoms with van der Waals surface area (Å²) in [4.78, 5) is 41.4. The van der Waals surface area contributed by atoms with E-state index in [-0.39, 0.29) is 43.7 Å². The molecule has 19 heteroatoms. The molecule has 11 aromatic rings. The maximum Gasteiger partial charge on any atom is 0.412 e. The predicted molar refractivity (Wildman–Crippen MR) is 451 cm³/mol. The molecule has 1 fully saturated rings. The van der Waals surface area contributed by atoms with Crippen molar-refractivity contribution in [1.29, 1.82) is 10.8 Å². The molecule has 0 saturated heterocycles. The number of nitrogens with zero attached hydrogens (tertiary/aromatic N) is 10. The highest BCUT2D eigenvalue weighted by atomic mass is 16.6. The number of nitrogens with one attached hydrogen (secondary N) is 2. The maximum atomic E-state index is 13.2. The van der Waals surface area contributed by atoms with Crippen molar-refractivity contribution in [2.45, 2.75) is 164 Å². The van der Waals surface area contributed by atoms with Crippen LogP contribution in [0.25, 0.3) is 45.3 Å². The third-order valence-electron chi connectivity index (χ3n) is 19.2. The molecule has 2 amide bonds. The van der Waals surface area contributed by atoms with Crippen LogP contribution in [-0.2, 0) is 31.9 Å². The molecule has 15 rings (SSSR count). The van der Waals surface area contributed by atoms with E-state index in [2.05, 4.69) is 150 Å². The van der Waals surface area contributed by atoms with Gasteiger partial charge in [-0.3, -0.25) is 10.6 Å². The Hall–Kier alpha value is -12.8. The number of hydrogen-bond donors (Lipinski definition) is 3. The number of ether oxygens (including phenoxy) is 2. The Kier molecular flexibility index (Phi) is 35.0. The van der Waals surface area contributed by atoms with Crippen molar-refractivity contribution in [3.8, 4) is 45.3 Å². The highest BCUT2D eigenvalue weighted by Crippen LogP contribution is 2.39. The minimum atomic E-state index is -0.416. The van der Waals surface area contributed by atoms with E-state index in [9.17, 15) is 9.59 Å². The van der Waals surface area contributed by atoms with Gasteiger partial charge in [-0.15, -0.1) is 30.6 Å². The van der Waals surface area contributed by atoms with Gasteiger partial charge in [0.2, 0.25) is 11.6 Å². The molecule has 1 aliphatic heterocycles. The molecule has 113 heavy (non-hydrogen) atoms. The van der Waals surface area contributed by atoms with E-state index in [4.69, 9.17) is 45.8 Å². The van der Waals surface area contributed by atoms with Crippen LogP contribution in [0.15, 0.2) is 259 Å². The zero-order valence-corrected chi connectivity index (χ0v) is 64.8. The smallest absolute Gasteiger partial charge is 0.412 e. The Morgan fingerprint density at radius 1 is 0.407 bits per heavy atom. The fraction of sp³-hybridized carbons (Fsp3) is 0.287. The molecule has 3 aliphatic carbocycles. The lowest BCUT2D eigenvalue weighted by molar-refractivity contribution is -0.191. The number of hydrogen-bond acceptors (Lipinski definition) is 17. The van der Waals surface area contributed by atoms with E-state index in [1.165, 1.54) is 71.9 Å². The van der Waals surface area contributed by atoms with Crippen LogP contribution in [0.2, 0.25) is 0 Å². The lowest BCUT2D eigenvalue weighted by Crippen LogP contribution is -2.44. The fourth-order valence-corrected chi connectivity index (χ4v) is 14.5. The van der Waals surface area contributed by atoms with Gasteiger partial charge in [0.1, 0.15) is 12.2 Å². The molecule has 4 N–H and O–H groups in total. The van der Waals surface area contributed by atoms with Crippen LogP contribution in [0.4, 0.5) is 26.7 Å². The van der Waals surface area contributed by atoms with Gasteiger partial charge in [-0.2, -0.15) is 19.8 Å². The second-order valence-electron chi connectivity index (χ2n) is 28.2. The van der Waals surface area contributed by atoms with Gasteiger partial charge in [0.15, 0.2) is 0 Å². The van der Waals surface area contributed by atoms with Crippen molar-refractivity contribution in [3.05, 3.63) is 304 Å². The average Bonchev–Trinajstić information content (AvgIpc) is 0.807. The van der Waals surface area contributed by atoms with E-state index in [0.717, 1.165) is 149 Å². The Morgan fingerprint density at radius 2 is 0.752 bits per heavy atom. The van der Waals surface area contributed by atoms with Gasteiger partial charge in [-0.25, -0.2) is 9.59 Å². The number of fused-ring (bicyclic) bond motifs is 2. The van der Waals surface area contributed by atoms with Gasteiger partial charge in [0, 0.05) is 61.9 Å². The summed E-state index contributed by atoms with van der Waals surface area (Å²) < 4.78 is 11.7. The quantitative estimate of drug-likeness (QED) is 0.0652.